The number of hydrogen-bond donors (Lipinski definition) is 2. The van der Waals surface area contributed by atoms with E-state index in [1.54, 1.807) is 0 Å². The summed E-state index contributed by atoms with van der Waals surface area (Å²) in [5.41, 5.74) is 7.60. The Morgan fingerprint density at radius 3 is 2.79 bits per heavy atom. The maximum atomic E-state index is 5.70. The SMILES string of the molecule is CCCC(C)Nc1ccc(N)c(Br)c1. The molecule has 1 rings (SSSR count). The van der Waals surface area contributed by atoms with Crippen LogP contribution in [0, 0.1) is 0 Å². The van der Waals surface area contributed by atoms with Gasteiger partial charge in [0.05, 0.1) is 0 Å². The third-order valence-electron chi connectivity index (χ3n) is 2.14. The molecule has 1 aromatic rings. The van der Waals surface area contributed by atoms with Crippen molar-refractivity contribution in [1.82, 2.24) is 0 Å². The van der Waals surface area contributed by atoms with Crippen molar-refractivity contribution in [2.45, 2.75) is 32.7 Å². The summed E-state index contributed by atoms with van der Waals surface area (Å²) in [6.45, 7) is 4.38. The van der Waals surface area contributed by atoms with Crippen molar-refractivity contribution in [2.24, 2.45) is 0 Å². The Balaban J connectivity index is 2.63. The largest absolute Gasteiger partial charge is 0.398 e. The summed E-state index contributed by atoms with van der Waals surface area (Å²) in [6.07, 6.45) is 2.38. The Morgan fingerprint density at radius 2 is 2.21 bits per heavy atom. The molecule has 3 heteroatoms. The maximum absolute atomic E-state index is 5.70. The van der Waals surface area contributed by atoms with Crippen LogP contribution in [0.5, 0.6) is 0 Å². The van der Waals surface area contributed by atoms with E-state index in [9.17, 15) is 0 Å². The van der Waals surface area contributed by atoms with Gasteiger partial charge in [0.15, 0.2) is 0 Å². The number of nitrogens with one attached hydrogen (secondary N) is 1. The van der Waals surface area contributed by atoms with Gasteiger partial charge in [-0.1, -0.05) is 13.3 Å². The quantitative estimate of drug-likeness (QED) is 0.808. The lowest BCUT2D eigenvalue weighted by molar-refractivity contribution is 0.690. The Morgan fingerprint density at radius 1 is 1.50 bits per heavy atom. The van der Waals surface area contributed by atoms with E-state index >= 15 is 0 Å². The smallest absolute Gasteiger partial charge is 0.0460 e. The molecule has 78 valence electrons. The van der Waals surface area contributed by atoms with Crippen LogP contribution in [-0.4, -0.2) is 6.04 Å². The fourth-order valence-corrected chi connectivity index (χ4v) is 1.79. The Kier molecular flexibility index (Phi) is 4.26. The van der Waals surface area contributed by atoms with Crippen LogP contribution < -0.4 is 11.1 Å². The second-order valence-electron chi connectivity index (χ2n) is 3.57. The zero-order valence-corrected chi connectivity index (χ0v) is 10.3. The van der Waals surface area contributed by atoms with Gasteiger partial charge >= 0.3 is 0 Å². The van der Waals surface area contributed by atoms with Crippen LogP contribution in [0.25, 0.3) is 0 Å². The first-order chi connectivity index (χ1) is 6.63. The number of anilines is 2. The summed E-state index contributed by atoms with van der Waals surface area (Å²) in [7, 11) is 0. The van der Waals surface area contributed by atoms with Crippen LogP contribution in [0.2, 0.25) is 0 Å². The molecule has 1 unspecified atom stereocenters. The van der Waals surface area contributed by atoms with E-state index in [-0.39, 0.29) is 0 Å². The predicted octanol–water partition coefficient (Wildman–Crippen LogP) is 3.63. The monoisotopic (exact) mass is 256 g/mol. The Hall–Kier alpha value is -0.700. The molecule has 14 heavy (non-hydrogen) atoms. The fourth-order valence-electron chi connectivity index (χ4n) is 1.41. The Bertz CT molecular complexity index is 299. The number of halogens is 1. The number of rotatable bonds is 4. The zero-order valence-electron chi connectivity index (χ0n) is 8.68. The number of hydrogen-bond acceptors (Lipinski definition) is 2. The molecule has 0 aliphatic carbocycles. The van der Waals surface area contributed by atoms with Crippen molar-refractivity contribution in [1.29, 1.82) is 0 Å². The van der Waals surface area contributed by atoms with Gasteiger partial charge in [0, 0.05) is 21.9 Å². The third kappa shape index (κ3) is 3.22. The minimum Gasteiger partial charge on any atom is -0.398 e. The van der Waals surface area contributed by atoms with Gasteiger partial charge < -0.3 is 11.1 Å². The molecule has 0 fully saturated rings. The Labute approximate surface area is 94.0 Å². The lowest BCUT2D eigenvalue weighted by Crippen LogP contribution is -2.14. The normalized spacial score (nSPS) is 12.5. The van der Waals surface area contributed by atoms with Crippen LogP contribution in [0.3, 0.4) is 0 Å². The molecule has 0 saturated heterocycles. The topological polar surface area (TPSA) is 38.0 Å². The molecule has 2 nitrogen and oxygen atoms in total. The number of nitrogen functional groups attached to an aromatic ring is 1. The second-order valence-corrected chi connectivity index (χ2v) is 4.42. The van der Waals surface area contributed by atoms with E-state index < -0.39 is 0 Å². The van der Waals surface area contributed by atoms with Crippen LogP contribution in [-0.2, 0) is 0 Å². The van der Waals surface area contributed by atoms with Gasteiger partial charge in [-0.15, -0.1) is 0 Å². The van der Waals surface area contributed by atoms with Crippen molar-refractivity contribution in [3.8, 4) is 0 Å². The lowest BCUT2D eigenvalue weighted by atomic mass is 10.2. The van der Waals surface area contributed by atoms with E-state index in [4.69, 9.17) is 5.73 Å². The molecule has 1 atom stereocenters. The standard InChI is InChI=1S/C11H17BrN2/c1-3-4-8(2)14-9-5-6-11(13)10(12)7-9/h5-8,14H,3-4,13H2,1-2H3. The van der Waals surface area contributed by atoms with Crippen LogP contribution >= 0.6 is 15.9 Å². The maximum Gasteiger partial charge on any atom is 0.0460 e. The summed E-state index contributed by atoms with van der Waals surface area (Å²) < 4.78 is 0.950. The van der Waals surface area contributed by atoms with E-state index in [2.05, 4.69) is 35.1 Å². The van der Waals surface area contributed by atoms with Crippen LogP contribution in [0.15, 0.2) is 22.7 Å². The molecule has 1 aromatic carbocycles. The molecule has 0 spiro atoms. The first-order valence-corrected chi connectivity index (χ1v) is 5.74. The van der Waals surface area contributed by atoms with Gasteiger partial charge in [-0.2, -0.15) is 0 Å². The molecule has 0 heterocycles. The van der Waals surface area contributed by atoms with Crippen molar-refractivity contribution in [3.05, 3.63) is 22.7 Å². The average Bonchev–Trinajstić information content (AvgIpc) is 2.12. The van der Waals surface area contributed by atoms with Gasteiger partial charge in [-0.05, 0) is 47.5 Å². The second kappa shape index (κ2) is 5.25. The van der Waals surface area contributed by atoms with Crippen molar-refractivity contribution in [2.75, 3.05) is 11.1 Å². The highest BCUT2D eigenvalue weighted by molar-refractivity contribution is 9.10. The minimum absolute atomic E-state index is 0.510. The van der Waals surface area contributed by atoms with Crippen LogP contribution in [0.1, 0.15) is 26.7 Å². The van der Waals surface area contributed by atoms with Crippen LogP contribution in [0.4, 0.5) is 11.4 Å². The molecule has 3 N–H and O–H groups in total. The van der Waals surface area contributed by atoms with Gasteiger partial charge in [-0.3, -0.25) is 0 Å². The molecule has 0 radical (unpaired) electrons. The molecule has 0 bridgehead atoms. The van der Waals surface area contributed by atoms with E-state index in [0.717, 1.165) is 15.8 Å². The molecular weight excluding hydrogens is 240 g/mol. The molecule has 0 aliphatic heterocycles. The summed E-state index contributed by atoms with van der Waals surface area (Å²) >= 11 is 3.41. The number of nitrogens with two attached hydrogens (primary N) is 1. The van der Waals surface area contributed by atoms with Crippen molar-refractivity contribution < 1.29 is 0 Å². The average molecular weight is 257 g/mol. The van der Waals surface area contributed by atoms with Crippen molar-refractivity contribution >= 4 is 27.3 Å². The first kappa shape index (κ1) is 11.4. The van der Waals surface area contributed by atoms with Gasteiger partial charge in [0.25, 0.3) is 0 Å². The first-order valence-electron chi connectivity index (χ1n) is 4.95. The molecule has 0 aliphatic rings. The zero-order chi connectivity index (χ0) is 10.6. The van der Waals surface area contributed by atoms with Gasteiger partial charge in [0.1, 0.15) is 0 Å². The van der Waals surface area contributed by atoms with Gasteiger partial charge in [-0.25, -0.2) is 0 Å². The highest BCUT2D eigenvalue weighted by Gasteiger charge is 2.02. The minimum atomic E-state index is 0.510. The van der Waals surface area contributed by atoms with E-state index in [1.807, 2.05) is 18.2 Å². The molecular formula is C11H17BrN2. The summed E-state index contributed by atoms with van der Waals surface area (Å²) in [5.74, 6) is 0. The molecule has 0 aromatic heterocycles. The predicted molar refractivity (Wildman–Crippen MR) is 66.5 cm³/mol. The summed E-state index contributed by atoms with van der Waals surface area (Å²) in [5, 5.41) is 3.43. The summed E-state index contributed by atoms with van der Waals surface area (Å²) in [6, 6.07) is 6.44. The third-order valence-corrected chi connectivity index (χ3v) is 2.82. The molecule has 0 saturated carbocycles. The van der Waals surface area contributed by atoms with E-state index in [1.165, 1.54) is 12.8 Å². The van der Waals surface area contributed by atoms with E-state index in [0.29, 0.717) is 6.04 Å². The van der Waals surface area contributed by atoms with Crippen molar-refractivity contribution in [3.63, 3.8) is 0 Å². The van der Waals surface area contributed by atoms with Gasteiger partial charge in [0.2, 0.25) is 0 Å². The lowest BCUT2D eigenvalue weighted by Gasteiger charge is -2.14. The number of benzene rings is 1. The highest BCUT2D eigenvalue weighted by atomic mass is 79.9. The summed E-state index contributed by atoms with van der Waals surface area (Å²) in [4.78, 5) is 0. The highest BCUT2D eigenvalue weighted by Crippen LogP contribution is 2.23. The fraction of sp³-hybridized carbons (Fsp3) is 0.455. The molecule has 0 amide bonds.